The first-order chi connectivity index (χ1) is 6.24. The predicted molar refractivity (Wildman–Crippen MR) is 49.8 cm³/mol. The van der Waals surface area contributed by atoms with Gasteiger partial charge in [-0.15, -0.1) is 0 Å². The Kier molecular flexibility index (Phi) is 1.86. The van der Waals surface area contributed by atoms with Crippen molar-refractivity contribution in [2.24, 2.45) is 5.73 Å². The molecular formula is C8H8ClN3O. The largest absolute Gasteiger partial charge is 0.494 e. The standard InChI is InChI=1S/C8H8ClN3O/c9-8-5-2-1-3-7(13)12(5)6(4-10)11-8/h1-3,13H,4,10H2. The van der Waals surface area contributed by atoms with Crippen LogP contribution in [0.2, 0.25) is 5.15 Å². The van der Waals surface area contributed by atoms with Crippen LogP contribution in [0, 0.1) is 0 Å². The number of aromatic nitrogens is 2. The Hall–Kier alpha value is -1.26. The zero-order valence-corrected chi connectivity index (χ0v) is 7.49. The van der Waals surface area contributed by atoms with Crippen molar-refractivity contribution in [1.82, 2.24) is 9.38 Å². The molecule has 2 rings (SSSR count). The minimum absolute atomic E-state index is 0.0948. The summed E-state index contributed by atoms with van der Waals surface area (Å²) in [6, 6.07) is 5.04. The molecule has 0 unspecified atom stereocenters. The second-order valence-corrected chi connectivity index (χ2v) is 2.99. The lowest BCUT2D eigenvalue weighted by Crippen LogP contribution is -2.02. The van der Waals surface area contributed by atoms with Crippen molar-refractivity contribution in [3.63, 3.8) is 0 Å². The van der Waals surface area contributed by atoms with Gasteiger partial charge in [0.05, 0.1) is 12.1 Å². The van der Waals surface area contributed by atoms with Crippen LogP contribution >= 0.6 is 11.6 Å². The molecule has 0 atom stereocenters. The molecule has 0 amide bonds. The molecule has 4 nitrogen and oxygen atoms in total. The summed E-state index contributed by atoms with van der Waals surface area (Å²) >= 11 is 5.83. The van der Waals surface area contributed by atoms with E-state index in [2.05, 4.69) is 4.98 Å². The molecule has 3 N–H and O–H groups in total. The number of pyridine rings is 1. The molecule has 0 saturated carbocycles. The molecule has 0 radical (unpaired) electrons. The van der Waals surface area contributed by atoms with Crippen molar-refractivity contribution in [2.75, 3.05) is 0 Å². The van der Waals surface area contributed by atoms with Crippen LogP contribution in [0.3, 0.4) is 0 Å². The van der Waals surface area contributed by atoms with Crippen LogP contribution < -0.4 is 5.73 Å². The van der Waals surface area contributed by atoms with Crippen LogP contribution in [-0.4, -0.2) is 14.5 Å². The van der Waals surface area contributed by atoms with E-state index in [4.69, 9.17) is 17.3 Å². The molecule has 0 saturated heterocycles. The first-order valence-corrected chi connectivity index (χ1v) is 4.16. The summed E-state index contributed by atoms with van der Waals surface area (Å²) in [6.45, 7) is 0.242. The normalized spacial score (nSPS) is 10.9. The fourth-order valence-electron chi connectivity index (χ4n) is 1.29. The number of fused-ring (bicyclic) bond motifs is 1. The molecule has 2 aromatic rings. The van der Waals surface area contributed by atoms with Crippen LogP contribution in [0.4, 0.5) is 0 Å². The van der Waals surface area contributed by atoms with Crippen molar-refractivity contribution in [3.05, 3.63) is 29.2 Å². The summed E-state index contributed by atoms with van der Waals surface area (Å²) in [5.41, 5.74) is 6.11. The van der Waals surface area contributed by atoms with Crippen molar-refractivity contribution in [3.8, 4) is 5.88 Å². The Morgan fingerprint density at radius 1 is 1.54 bits per heavy atom. The number of imidazole rings is 1. The molecule has 0 aliphatic carbocycles. The second-order valence-electron chi connectivity index (χ2n) is 2.63. The maximum atomic E-state index is 9.51. The van der Waals surface area contributed by atoms with Gasteiger partial charge in [-0.05, 0) is 12.1 Å². The van der Waals surface area contributed by atoms with E-state index in [1.54, 1.807) is 18.2 Å². The molecule has 0 fully saturated rings. The summed E-state index contributed by atoms with van der Waals surface area (Å²) in [5.74, 6) is 0.649. The maximum absolute atomic E-state index is 9.51. The van der Waals surface area contributed by atoms with Gasteiger partial charge in [0.1, 0.15) is 5.82 Å². The molecule has 2 aromatic heterocycles. The molecular weight excluding hydrogens is 190 g/mol. The SMILES string of the molecule is NCc1nc(Cl)c2cccc(O)n12. The van der Waals surface area contributed by atoms with Gasteiger partial charge in [0, 0.05) is 0 Å². The Bertz CT molecular complexity index is 452. The van der Waals surface area contributed by atoms with E-state index in [1.807, 2.05) is 0 Å². The van der Waals surface area contributed by atoms with Gasteiger partial charge in [0.15, 0.2) is 11.0 Å². The maximum Gasteiger partial charge on any atom is 0.197 e. The Morgan fingerprint density at radius 3 is 3.00 bits per heavy atom. The molecule has 2 heterocycles. The Morgan fingerprint density at radius 2 is 2.31 bits per heavy atom. The summed E-state index contributed by atoms with van der Waals surface area (Å²) in [4.78, 5) is 4.01. The first kappa shape index (κ1) is 8.34. The van der Waals surface area contributed by atoms with E-state index in [1.165, 1.54) is 4.40 Å². The number of aromatic hydroxyl groups is 1. The Labute approximate surface area is 79.6 Å². The predicted octanol–water partition coefficient (Wildman–Crippen LogP) is 1.15. The number of hydrogen-bond donors (Lipinski definition) is 2. The van der Waals surface area contributed by atoms with E-state index in [9.17, 15) is 5.11 Å². The van der Waals surface area contributed by atoms with Crippen LogP contribution in [0.5, 0.6) is 5.88 Å². The fourth-order valence-corrected chi connectivity index (χ4v) is 1.53. The summed E-state index contributed by atoms with van der Waals surface area (Å²) in [6.07, 6.45) is 0. The van der Waals surface area contributed by atoms with Gasteiger partial charge in [0.2, 0.25) is 0 Å². The van der Waals surface area contributed by atoms with Gasteiger partial charge in [-0.25, -0.2) is 4.98 Å². The van der Waals surface area contributed by atoms with E-state index in [0.29, 0.717) is 16.5 Å². The van der Waals surface area contributed by atoms with E-state index < -0.39 is 0 Å². The van der Waals surface area contributed by atoms with E-state index >= 15 is 0 Å². The number of hydrogen-bond acceptors (Lipinski definition) is 3. The molecule has 0 aliphatic heterocycles. The molecule has 13 heavy (non-hydrogen) atoms. The third kappa shape index (κ3) is 1.15. The molecule has 0 aromatic carbocycles. The summed E-state index contributed by atoms with van der Waals surface area (Å²) < 4.78 is 1.53. The van der Waals surface area contributed by atoms with Crippen LogP contribution in [0.1, 0.15) is 5.82 Å². The highest BCUT2D eigenvalue weighted by Crippen LogP contribution is 2.22. The lowest BCUT2D eigenvalue weighted by Gasteiger charge is -2.00. The fraction of sp³-hybridized carbons (Fsp3) is 0.125. The van der Waals surface area contributed by atoms with E-state index in [-0.39, 0.29) is 12.4 Å². The Balaban J connectivity index is 2.89. The van der Waals surface area contributed by atoms with Crippen molar-refractivity contribution in [2.45, 2.75) is 6.54 Å². The highest BCUT2D eigenvalue weighted by molar-refractivity contribution is 6.32. The van der Waals surface area contributed by atoms with Crippen molar-refractivity contribution >= 4 is 17.1 Å². The quantitative estimate of drug-likeness (QED) is 0.721. The average Bonchev–Trinajstić information content (AvgIpc) is 2.45. The summed E-state index contributed by atoms with van der Waals surface area (Å²) in [7, 11) is 0. The average molecular weight is 198 g/mol. The zero-order chi connectivity index (χ0) is 9.42. The van der Waals surface area contributed by atoms with Gasteiger partial charge >= 0.3 is 0 Å². The number of nitrogens with zero attached hydrogens (tertiary/aromatic N) is 2. The van der Waals surface area contributed by atoms with Gasteiger partial charge in [0.25, 0.3) is 0 Å². The van der Waals surface area contributed by atoms with Crippen molar-refractivity contribution < 1.29 is 5.11 Å². The molecule has 68 valence electrons. The lowest BCUT2D eigenvalue weighted by molar-refractivity contribution is 0.443. The van der Waals surface area contributed by atoms with Gasteiger partial charge in [-0.1, -0.05) is 17.7 Å². The molecule has 0 bridgehead atoms. The lowest BCUT2D eigenvalue weighted by atomic mass is 10.4. The number of nitrogens with two attached hydrogens (primary N) is 1. The smallest absolute Gasteiger partial charge is 0.197 e. The third-order valence-electron chi connectivity index (χ3n) is 1.85. The van der Waals surface area contributed by atoms with Crippen LogP contribution in [0.25, 0.3) is 5.52 Å². The van der Waals surface area contributed by atoms with Crippen LogP contribution in [-0.2, 0) is 6.54 Å². The highest BCUT2D eigenvalue weighted by Gasteiger charge is 2.09. The number of halogens is 1. The molecule has 0 spiro atoms. The zero-order valence-electron chi connectivity index (χ0n) is 6.74. The second kappa shape index (κ2) is 2.90. The van der Waals surface area contributed by atoms with Gasteiger partial charge < -0.3 is 10.8 Å². The highest BCUT2D eigenvalue weighted by atomic mass is 35.5. The minimum atomic E-state index is 0.0948. The van der Waals surface area contributed by atoms with Gasteiger partial charge in [-0.3, -0.25) is 4.40 Å². The monoisotopic (exact) mass is 197 g/mol. The van der Waals surface area contributed by atoms with Crippen molar-refractivity contribution in [1.29, 1.82) is 0 Å². The minimum Gasteiger partial charge on any atom is -0.494 e. The van der Waals surface area contributed by atoms with Gasteiger partial charge in [-0.2, -0.15) is 0 Å². The first-order valence-electron chi connectivity index (χ1n) is 3.79. The number of rotatable bonds is 1. The molecule has 5 heteroatoms. The molecule has 0 aliphatic rings. The summed E-state index contributed by atoms with van der Waals surface area (Å²) in [5, 5.41) is 9.86. The van der Waals surface area contributed by atoms with Crippen LogP contribution in [0.15, 0.2) is 18.2 Å². The van der Waals surface area contributed by atoms with E-state index in [0.717, 1.165) is 0 Å². The third-order valence-corrected chi connectivity index (χ3v) is 2.13. The topological polar surface area (TPSA) is 63.5 Å².